The molecule has 1 rings (SSSR count). The van der Waals surface area contributed by atoms with Crippen LogP contribution in [0.4, 0.5) is 0 Å². The van der Waals surface area contributed by atoms with Gasteiger partial charge >= 0.3 is 11.7 Å². The van der Waals surface area contributed by atoms with E-state index in [4.69, 9.17) is 5.11 Å². The van der Waals surface area contributed by atoms with Gasteiger partial charge in [0.15, 0.2) is 0 Å². The molecule has 0 radical (unpaired) electrons. The summed E-state index contributed by atoms with van der Waals surface area (Å²) in [6, 6.07) is 0. The van der Waals surface area contributed by atoms with Crippen molar-refractivity contribution in [1.82, 2.24) is 14.8 Å². The summed E-state index contributed by atoms with van der Waals surface area (Å²) in [5.41, 5.74) is -0.367. The monoisotopic (exact) mass is 171 g/mol. The fraction of sp³-hybridized carbons (Fsp3) is 0.500. The minimum Gasteiger partial charge on any atom is -0.481 e. The molecule has 0 spiro atoms. The number of H-pyrrole nitrogens is 1. The molecule has 0 aliphatic carbocycles. The molecule has 0 bridgehead atoms. The first kappa shape index (κ1) is 8.51. The fourth-order valence-corrected chi connectivity index (χ4v) is 0.841. The highest BCUT2D eigenvalue weighted by Gasteiger charge is 2.06. The number of aliphatic carboxylic acids is 1. The van der Waals surface area contributed by atoms with E-state index in [1.165, 1.54) is 4.68 Å². The molecule has 1 heterocycles. The minimum atomic E-state index is -1.01. The molecule has 0 atom stereocenters. The number of nitrogens with one attached hydrogen (secondary N) is 1. The standard InChI is InChI=1S/C6H9N3O3/c1-2-9-6(12)7-4(8-9)3-5(10)11/h2-3H2,1H3,(H,10,11)(H,7,8,12). The number of aromatic amines is 1. The van der Waals surface area contributed by atoms with Gasteiger partial charge in [-0.1, -0.05) is 0 Å². The molecule has 12 heavy (non-hydrogen) atoms. The van der Waals surface area contributed by atoms with E-state index in [-0.39, 0.29) is 17.9 Å². The Morgan fingerprint density at radius 2 is 2.42 bits per heavy atom. The molecule has 0 fully saturated rings. The largest absolute Gasteiger partial charge is 0.481 e. The quantitative estimate of drug-likeness (QED) is 0.624. The van der Waals surface area contributed by atoms with Gasteiger partial charge in [0.2, 0.25) is 0 Å². The van der Waals surface area contributed by atoms with Gasteiger partial charge in [0.05, 0.1) is 0 Å². The van der Waals surface area contributed by atoms with Crippen LogP contribution in [0.5, 0.6) is 0 Å². The number of carbonyl (C=O) groups is 1. The number of aryl methyl sites for hydroxylation is 1. The smallest absolute Gasteiger partial charge is 0.343 e. The summed E-state index contributed by atoms with van der Waals surface area (Å²) in [6.45, 7) is 2.20. The van der Waals surface area contributed by atoms with Crippen LogP contribution >= 0.6 is 0 Å². The van der Waals surface area contributed by atoms with Crippen LogP contribution in [-0.2, 0) is 17.8 Å². The third kappa shape index (κ3) is 1.71. The van der Waals surface area contributed by atoms with Crippen LogP contribution in [0.1, 0.15) is 12.7 Å². The van der Waals surface area contributed by atoms with Crippen molar-refractivity contribution in [2.45, 2.75) is 19.9 Å². The number of carboxylic acid groups (broad SMARTS) is 1. The maximum absolute atomic E-state index is 10.9. The van der Waals surface area contributed by atoms with Crippen molar-refractivity contribution in [3.8, 4) is 0 Å². The molecule has 0 aliphatic heterocycles. The van der Waals surface area contributed by atoms with E-state index in [0.717, 1.165) is 0 Å². The summed E-state index contributed by atoms with van der Waals surface area (Å²) >= 11 is 0. The van der Waals surface area contributed by atoms with E-state index >= 15 is 0 Å². The Morgan fingerprint density at radius 1 is 1.75 bits per heavy atom. The van der Waals surface area contributed by atoms with E-state index in [1.807, 2.05) is 0 Å². The summed E-state index contributed by atoms with van der Waals surface area (Å²) in [7, 11) is 0. The molecular formula is C6H9N3O3. The number of rotatable bonds is 3. The molecule has 0 aliphatic rings. The average molecular weight is 171 g/mol. The molecule has 0 aromatic carbocycles. The molecule has 0 saturated carbocycles. The second kappa shape index (κ2) is 3.21. The molecule has 0 saturated heterocycles. The minimum absolute atomic E-state index is 0.189. The zero-order valence-electron chi connectivity index (χ0n) is 6.57. The molecular weight excluding hydrogens is 162 g/mol. The van der Waals surface area contributed by atoms with E-state index in [0.29, 0.717) is 6.54 Å². The molecule has 0 amide bonds. The molecule has 6 nitrogen and oxygen atoms in total. The van der Waals surface area contributed by atoms with Crippen molar-refractivity contribution in [3.05, 3.63) is 16.3 Å². The lowest BCUT2D eigenvalue weighted by Crippen LogP contribution is -2.16. The predicted octanol–water partition coefficient (Wildman–Crippen LogP) is -0.782. The number of carboxylic acids is 1. The zero-order valence-corrected chi connectivity index (χ0v) is 6.57. The summed E-state index contributed by atoms with van der Waals surface area (Å²) in [6.07, 6.45) is -0.248. The third-order valence-electron chi connectivity index (χ3n) is 1.35. The first-order valence-corrected chi connectivity index (χ1v) is 3.51. The van der Waals surface area contributed by atoms with E-state index in [2.05, 4.69) is 10.1 Å². The van der Waals surface area contributed by atoms with Gasteiger partial charge in [0, 0.05) is 6.54 Å². The van der Waals surface area contributed by atoms with Gasteiger partial charge in [0.1, 0.15) is 12.2 Å². The topological polar surface area (TPSA) is 88.0 Å². The van der Waals surface area contributed by atoms with Gasteiger partial charge in [-0.3, -0.25) is 9.78 Å². The Hall–Kier alpha value is -1.59. The van der Waals surface area contributed by atoms with Gasteiger partial charge in [-0.05, 0) is 6.92 Å². The van der Waals surface area contributed by atoms with Crippen LogP contribution in [0, 0.1) is 0 Å². The van der Waals surface area contributed by atoms with Gasteiger partial charge in [-0.2, -0.15) is 5.10 Å². The van der Waals surface area contributed by atoms with Crippen LogP contribution in [0.15, 0.2) is 4.79 Å². The Bertz CT molecular complexity index is 338. The van der Waals surface area contributed by atoms with Gasteiger partial charge in [0.25, 0.3) is 0 Å². The second-order valence-electron chi connectivity index (χ2n) is 2.26. The lowest BCUT2D eigenvalue weighted by Gasteiger charge is -1.88. The van der Waals surface area contributed by atoms with Crippen molar-refractivity contribution in [3.63, 3.8) is 0 Å². The SMILES string of the molecule is CCn1nc(CC(=O)O)[nH]c1=O. The van der Waals surface area contributed by atoms with Crippen molar-refractivity contribution in [2.24, 2.45) is 0 Å². The Morgan fingerprint density at radius 3 is 2.83 bits per heavy atom. The average Bonchev–Trinajstić information content (AvgIpc) is 2.29. The normalized spacial score (nSPS) is 10.1. The fourth-order valence-electron chi connectivity index (χ4n) is 0.841. The van der Waals surface area contributed by atoms with Crippen LogP contribution < -0.4 is 5.69 Å². The number of hydrogen-bond donors (Lipinski definition) is 2. The number of hydrogen-bond acceptors (Lipinski definition) is 3. The summed E-state index contributed by atoms with van der Waals surface area (Å²) < 4.78 is 1.18. The maximum Gasteiger partial charge on any atom is 0.343 e. The van der Waals surface area contributed by atoms with E-state index < -0.39 is 5.97 Å². The maximum atomic E-state index is 10.9. The highest BCUT2D eigenvalue weighted by molar-refractivity contribution is 5.68. The third-order valence-corrected chi connectivity index (χ3v) is 1.35. The van der Waals surface area contributed by atoms with Crippen molar-refractivity contribution in [2.75, 3.05) is 0 Å². The molecule has 0 unspecified atom stereocenters. The molecule has 2 N–H and O–H groups in total. The first-order valence-electron chi connectivity index (χ1n) is 3.51. The summed E-state index contributed by atoms with van der Waals surface area (Å²) in [4.78, 5) is 23.5. The van der Waals surface area contributed by atoms with Gasteiger partial charge < -0.3 is 5.11 Å². The van der Waals surface area contributed by atoms with Crippen molar-refractivity contribution in [1.29, 1.82) is 0 Å². The van der Waals surface area contributed by atoms with E-state index in [1.54, 1.807) is 6.92 Å². The van der Waals surface area contributed by atoms with Crippen molar-refractivity contribution >= 4 is 5.97 Å². The number of nitrogens with zero attached hydrogens (tertiary/aromatic N) is 2. The lowest BCUT2D eigenvalue weighted by molar-refractivity contribution is -0.136. The predicted molar refractivity (Wildman–Crippen MR) is 39.9 cm³/mol. The second-order valence-corrected chi connectivity index (χ2v) is 2.26. The van der Waals surface area contributed by atoms with Crippen LogP contribution in [0.3, 0.4) is 0 Å². The molecule has 66 valence electrons. The van der Waals surface area contributed by atoms with Gasteiger partial charge in [-0.25, -0.2) is 9.48 Å². The van der Waals surface area contributed by atoms with Crippen LogP contribution in [0.25, 0.3) is 0 Å². The van der Waals surface area contributed by atoms with Crippen molar-refractivity contribution < 1.29 is 9.90 Å². The van der Waals surface area contributed by atoms with E-state index in [9.17, 15) is 9.59 Å². The highest BCUT2D eigenvalue weighted by Crippen LogP contribution is 1.86. The highest BCUT2D eigenvalue weighted by atomic mass is 16.4. The van der Waals surface area contributed by atoms with Crippen LogP contribution in [0.2, 0.25) is 0 Å². The zero-order chi connectivity index (χ0) is 9.14. The van der Waals surface area contributed by atoms with Crippen LogP contribution in [-0.4, -0.2) is 25.8 Å². The molecule has 1 aromatic heterocycles. The first-order chi connectivity index (χ1) is 5.63. The molecule has 1 aromatic rings. The summed E-state index contributed by atoms with van der Waals surface area (Å²) in [5, 5.41) is 12.1. The Balaban J connectivity index is 2.89. The Kier molecular flexibility index (Phi) is 2.27. The summed E-state index contributed by atoms with van der Waals surface area (Å²) in [5.74, 6) is -0.818. The molecule has 6 heteroatoms. The van der Waals surface area contributed by atoms with Gasteiger partial charge in [-0.15, -0.1) is 0 Å². The lowest BCUT2D eigenvalue weighted by atomic mass is 10.4. The Labute approximate surface area is 67.8 Å². The number of aromatic nitrogens is 3.